The number of carbonyl (C=O) groups is 2. The predicted molar refractivity (Wildman–Crippen MR) is 209 cm³/mol. The Kier molecular flexibility index (Phi) is 12.2. The minimum absolute atomic E-state index is 0.163. The predicted octanol–water partition coefficient (Wildman–Crippen LogP) is 4.64. The third-order valence-corrected chi connectivity index (χ3v) is 10.8. The van der Waals surface area contributed by atoms with Gasteiger partial charge in [0, 0.05) is 30.0 Å². The van der Waals surface area contributed by atoms with Crippen LogP contribution in [0.5, 0.6) is 0 Å². The number of rotatable bonds is 14. The first-order chi connectivity index (χ1) is 29.3. The number of aromatic nitrogens is 2. The van der Waals surface area contributed by atoms with Crippen LogP contribution in [0.2, 0.25) is 0 Å². The monoisotopic (exact) mass is 819 g/mol. The Balaban J connectivity index is 1.09. The number of benzene rings is 3. The van der Waals surface area contributed by atoms with Crippen LogP contribution in [-0.4, -0.2) is 82.4 Å². The third-order valence-electron chi connectivity index (χ3n) is 10.8. The van der Waals surface area contributed by atoms with Crippen molar-refractivity contribution in [3.8, 4) is 12.3 Å². The molecule has 1 aliphatic carbocycles. The van der Waals surface area contributed by atoms with E-state index in [2.05, 4.69) is 15.9 Å². The Labute approximate surface area is 343 Å². The number of hydrogen-bond donors (Lipinski definition) is 0. The van der Waals surface area contributed by atoms with E-state index in [1.165, 1.54) is 16.8 Å². The summed E-state index contributed by atoms with van der Waals surface area (Å²) in [7, 11) is 0. The maximum Gasteiger partial charge on any atom is 0.338 e. The van der Waals surface area contributed by atoms with Crippen molar-refractivity contribution in [3.05, 3.63) is 151 Å². The molecule has 9 atom stereocenters. The molecule has 60 heavy (non-hydrogen) atoms. The quantitative estimate of drug-likeness (QED) is 0.0562. The smallest absolute Gasteiger partial charge is 0.338 e. The summed E-state index contributed by atoms with van der Waals surface area (Å²) in [5, 5.41) is 3.65. The Morgan fingerprint density at radius 2 is 1.48 bits per heavy atom. The molecule has 3 saturated heterocycles. The molecule has 3 aromatic carbocycles. The van der Waals surface area contributed by atoms with Gasteiger partial charge in [-0.1, -0.05) is 77.8 Å². The molecule has 4 fully saturated rings. The van der Waals surface area contributed by atoms with E-state index in [0.717, 1.165) is 23.0 Å². The summed E-state index contributed by atoms with van der Waals surface area (Å²) in [6.45, 7) is -0.497. The summed E-state index contributed by atoms with van der Waals surface area (Å²) < 4.78 is 52.2. The van der Waals surface area contributed by atoms with Crippen LogP contribution < -0.4 is 11.2 Å². The molecular formula is C43H41N5O12. The van der Waals surface area contributed by atoms with Crippen molar-refractivity contribution in [1.29, 1.82) is 0 Å². The maximum atomic E-state index is 14.0. The van der Waals surface area contributed by atoms with Crippen LogP contribution >= 0.6 is 0 Å². The average Bonchev–Trinajstić information content (AvgIpc) is 4.05. The van der Waals surface area contributed by atoms with E-state index >= 15 is 0 Å². The molecule has 4 aliphatic rings. The highest BCUT2D eigenvalue weighted by molar-refractivity contribution is 5.90. The van der Waals surface area contributed by atoms with Gasteiger partial charge in [-0.2, -0.15) is 0 Å². The van der Waals surface area contributed by atoms with Crippen LogP contribution in [0.4, 0.5) is 0 Å². The number of esters is 2. The number of fused-ring (bicyclic) bond motifs is 1. The third kappa shape index (κ3) is 8.49. The molecule has 4 aromatic rings. The molecule has 3 aliphatic heterocycles. The van der Waals surface area contributed by atoms with Gasteiger partial charge in [0.1, 0.15) is 37.3 Å². The van der Waals surface area contributed by atoms with Crippen molar-refractivity contribution in [3.63, 3.8) is 0 Å². The average molecular weight is 820 g/mol. The van der Waals surface area contributed by atoms with Crippen LogP contribution in [0.3, 0.4) is 0 Å². The maximum absolute atomic E-state index is 14.0. The molecule has 1 spiro atoms. The van der Waals surface area contributed by atoms with Gasteiger partial charge in [0.15, 0.2) is 24.2 Å². The lowest BCUT2D eigenvalue weighted by molar-refractivity contribution is -0.240. The standard InChI is InChI=1S/C43H41N5O12/c1-2-30(54-41-37(58-40(51)29-18-10-5-11-19-29)34(31(55-41)24-45-46-44)57-39(50)28-16-8-4-9-17-28)33-35-36(60-43(59-35)21-12-13-22-43)38(56-33)47-23-20-32(49)48(42(47)52)26-53-25-27-14-6-3-7-15-27/h1,3-11,14-20,23,30-31,33-38,41H,12-13,21-22,24-26H2/t30-,31+,33+,34+,35+,36+,37+,38+,41+/m0/s1. The number of nitrogens with zero attached hydrogens (tertiary/aromatic N) is 5. The van der Waals surface area contributed by atoms with E-state index < -0.39 is 84.2 Å². The minimum atomic E-state index is -1.50. The molecule has 1 aromatic heterocycles. The van der Waals surface area contributed by atoms with Gasteiger partial charge in [0.05, 0.1) is 24.3 Å². The van der Waals surface area contributed by atoms with Crippen LogP contribution in [-0.2, 0) is 51.2 Å². The van der Waals surface area contributed by atoms with Gasteiger partial charge in [0.25, 0.3) is 5.56 Å². The Morgan fingerprint density at radius 3 is 2.12 bits per heavy atom. The highest BCUT2D eigenvalue weighted by Gasteiger charge is 2.62. The summed E-state index contributed by atoms with van der Waals surface area (Å²) in [5.41, 5.74) is 9.18. The van der Waals surface area contributed by atoms with Crippen molar-refractivity contribution in [1.82, 2.24) is 9.13 Å². The second-order valence-electron chi connectivity index (χ2n) is 14.7. The van der Waals surface area contributed by atoms with Crippen molar-refractivity contribution < 1.29 is 47.5 Å². The molecule has 0 amide bonds. The van der Waals surface area contributed by atoms with E-state index in [4.69, 9.17) is 44.3 Å². The summed E-state index contributed by atoms with van der Waals surface area (Å²) in [4.78, 5) is 56.8. The van der Waals surface area contributed by atoms with Gasteiger partial charge >= 0.3 is 17.6 Å². The van der Waals surface area contributed by atoms with E-state index in [1.807, 2.05) is 30.3 Å². The molecule has 17 nitrogen and oxygen atoms in total. The first-order valence-electron chi connectivity index (χ1n) is 19.5. The topological polar surface area (TPSA) is 201 Å². The summed E-state index contributed by atoms with van der Waals surface area (Å²) in [6, 6.07) is 26.8. The van der Waals surface area contributed by atoms with Crippen molar-refractivity contribution in [2.45, 2.75) is 100 Å². The lowest BCUT2D eigenvalue weighted by atomic mass is 10.1. The number of ether oxygens (including phenoxy) is 8. The summed E-state index contributed by atoms with van der Waals surface area (Å²) >= 11 is 0. The molecule has 4 heterocycles. The van der Waals surface area contributed by atoms with Crippen LogP contribution in [0.15, 0.2) is 118 Å². The first kappa shape index (κ1) is 40.7. The van der Waals surface area contributed by atoms with Gasteiger partial charge in [-0.05, 0) is 48.2 Å². The largest absolute Gasteiger partial charge is 0.452 e. The van der Waals surface area contributed by atoms with Gasteiger partial charge in [-0.15, -0.1) is 6.42 Å². The Bertz CT molecular complexity index is 2360. The molecule has 0 N–H and O–H groups in total. The molecule has 17 heteroatoms. The number of terminal acetylenes is 1. The summed E-state index contributed by atoms with van der Waals surface area (Å²) in [5.74, 6) is 0.0899. The highest BCUT2D eigenvalue weighted by atomic mass is 16.8. The van der Waals surface area contributed by atoms with E-state index in [0.29, 0.717) is 12.8 Å². The lowest BCUT2D eigenvalue weighted by Crippen LogP contribution is -2.46. The molecule has 310 valence electrons. The van der Waals surface area contributed by atoms with E-state index in [1.54, 1.807) is 60.7 Å². The normalized spacial score (nSPS) is 26.8. The fraction of sp³-hybridized carbons (Fsp3) is 0.395. The second kappa shape index (κ2) is 18.0. The van der Waals surface area contributed by atoms with E-state index in [-0.39, 0.29) is 31.0 Å². The zero-order chi connectivity index (χ0) is 41.6. The van der Waals surface area contributed by atoms with E-state index in [9.17, 15) is 24.7 Å². The molecular weight excluding hydrogens is 778 g/mol. The van der Waals surface area contributed by atoms with Crippen LogP contribution in [0.1, 0.15) is 58.2 Å². The zero-order valence-electron chi connectivity index (χ0n) is 32.2. The van der Waals surface area contributed by atoms with Crippen molar-refractivity contribution in [2.24, 2.45) is 5.11 Å². The van der Waals surface area contributed by atoms with Gasteiger partial charge in [-0.3, -0.25) is 9.36 Å². The molecule has 0 radical (unpaired) electrons. The number of hydrogen-bond acceptors (Lipinski definition) is 13. The second-order valence-corrected chi connectivity index (χ2v) is 14.7. The van der Waals surface area contributed by atoms with Crippen LogP contribution in [0, 0.1) is 12.3 Å². The van der Waals surface area contributed by atoms with Crippen LogP contribution in [0.25, 0.3) is 10.4 Å². The fourth-order valence-electron chi connectivity index (χ4n) is 7.96. The van der Waals surface area contributed by atoms with Crippen molar-refractivity contribution >= 4 is 11.9 Å². The fourth-order valence-corrected chi connectivity index (χ4v) is 7.96. The summed E-state index contributed by atoms with van der Waals surface area (Å²) in [6.07, 6.45) is -0.392. The van der Waals surface area contributed by atoms with Gasteiger partial charge in [0.2, 0.25) is 6.29 Å². The number of carbonyl (C=O) groups excluding carboxylic acids is 2. The van der Waals surface area contributed by atoms with Gasteiger partial charge in [-0.25, -0.2) is 19.0 Å². The minimum Gasteiger partial charge on any atom is -0.452 e. The van der Waals surface area contributed by atoms with Crippen molar-refractivity contribution in [2.75, 3.05) is 6.54 Å². The zero-order valence-corrected chi connectivity index (χ0v) is 32.2. The molecule has 1 saturated carbocycles. The first-order valence-corrected chi connectivity index (χ1v) is 19.5. The Hall–Kier alpha value is -6.09. The molecule has 0 bridgehead atoms. The molecule has 8 rings (SSSR count). The highest BCUT2D eigenvalue weighted by Crippen LogP contribution is 2.50. The number of azide groups is 1. The Morgan fingerprint density at radius 1 is 0.867 bits per heavy atom. The lowest BCUT2D eigenvalue weighted by Gasteiger charge is -2.31. The van der Waals surface area contributed by atoms with Gasteiger partial charge < -0.3 is 37.9 Å². The SMILES string of the molecule is C#C[C@H](O[C@@H]1O[C@H](CN=[N+]=[N-])[C@@H](OC(=O)c2ccccc2)[C@H]1OC(=O)c1ccccc1)[C@H]1O[C@@H](n2ccc(=O)n(COCc3ccccc3)c2=O)[C@@H]2OC3(CCCC3)O[C@@H]21. The molecule has 0 unspecified atom stereocenters.